The van der Waals surface area contributed by atoms with Crippen LogP contribution in [0, 0.1) is 6.92 Å². The fourth-order valence-electron chi connectivity index (χ4n) is 4.25. The Balaban J connectivity index is 1.53. The lowest BCUT2D eigenvalue weighted by atomic mass is 10.1. The van der Waals surface area contributed by atoms with E-state index in [1.807, 2.05) is 36.1 Å². The Kier molecular flexibility index (Phi) is 6.84. The van der Waals surface area contributed by atoms with Gasteiger partial charge in [-0.15, -0.1) is 0 Å². The second kappa shape index (κ2) is 9.95. The van der Waals surface area contributed by atoms with Crippen molar-refractivity contribution in [1.82, 2.24) is 24.3 Å². The first-order chi connectivity index (χ1) is 16.0. The van der Waals surface area contributed by atoms with Crippen molar-refractivity contribution in [3.05, 3.63) is 71.2 Å². The van der Waals surface area contributed by atoms with Crippen LogP contribution in [-0.4, -0.2) is 62.5 Å². The normalized spacial score (nSPS) is 16.7. The topological polar surface area (TPSA) is 83.4 Å². The summed E-state index contributed by atoms with van der Waals surface area (Å²) in [6.45, 7) is 11.1. The van der Waals surface area contributed by atoms with E-state index in [0.29, 0.717) is 37.8 Å². The Morgan fingerprint density at radius 2 is 1.97 bits per heavy atom. The molecule has 1 atom stereocenters. The van der Waals surface area contributed by atoms with Gasteiger partial charge in [-0.2, -0.15) is 4.98 Å². The lowest BCUT2D eigenvalue weighted by molar-refractivity contribution is -0.129. The smallest absolute Gasteiger partial charge is 0.252 e. The number of anilines is 2. The molecule has 0 radical (unpaired) electrons. The van der Waals surface area contributed by atoms with Crippen LogP contribution in [0.1, 0.15) is 18.9 Å². The zero-order valence-corrected chi connectivity index (χ0v) is 19.2. The highest BCUT2D eigenvalue weighted by molar-refractivity contribution is 5.87. The summed E-state index contributed by atoms with van der Waals surface area (Å²) in [7, 11) is 0. The molecule has 1 saturated heterocycles. The average Bonchev–Trinajstić information content (AvgIpc) is 2.84. The van der Waals surface area contributed by atoms with Gasteiger partial charge in [0.25, 0.3) is 5.56 Å². The molecule has 0 saturated carbocycles. The number of hydrogen-bond donors (Lipinski definition) is 1. The SMILES string of the molecule is C=CC(=O)N1CCN(CCn2c(=O)ccc3cnc(Nc4ccc(C)cc4)nc32)C(CC)C1. The summed E-state index contributed by atoms with van der Waals surface area (Å²) >= 11 is 0. The summed E-state index contributed by atoms with van der Waals surface area (Å²) in [6, 6.07) is 11.6. The Bertz CT molecular complexity index is 1200. The first-order valence-corrected chi connectivity index (χ1v) is 11.3. The number of amides is 1. The molecule has 172 valence electrons. The maximum Gasteiger partial charge on any atom is 0.252 e. The van der Waals surface area contributed by atoms with Gasteiger partial charge in [-0.05, 0) is 37.6 Å². The van der Waals surface area contributed by atoms with Gasteiger partial charge in [0.2, 0.25) is 11.9 Å². The van der Waals surface area contributed by atoms with Gasteiger partial charge in [-0.3, -0.25) is 19.1 Å². The van der Waals surface area contributed by atoms with Crippen LogP contribution in [0.5, 0.6) is 0 Å². The van der Waals surface area contributed by atoms with Crippen molar-refractivity contribution in [1.29, 1.82) is 0 Å². The van der Waals surface area contributed by atoms with E-state index in [4.69, 9.17) is 0 Å². The highest BCUT2D eigenvalue weighted by Gasteiger charge is 2.27. The third-order valence-electron chi connectivity index (χ3n) is 6.20. The van der Waals surface area contributed by atoms with Crippen molar-refractivity contribution in [2.45, 2.75) is 32.9 Å². The van der Waals surface area contributed by atoms with Crippen molar-refractivity contribution >= 4 is 28.6 Å². The highest BCUT2D eigenvalue weighted by atomic mass is 16.2. The van der Waals surface area contributed by atoms with Crippen LogP contribution in [0.3, 0.4) is 0 Å². The Morgan fingerprint density at radius 3 is 2.70 bits per heavy atom. The molecule has 2 aromatic heterocycles. The third kappa shape index (κ3) is 5.12. The van der Waals surface area contributed by atoms with E-state index in [1.165, 1.54) is 11.6 Å². The number of fused-ring (bicyclic) bond motifs is 1. The molecule has 0 bridgehead atoms. The van der Waals surface area contributed by atoms with Crippen molar-refractivity contribution in [2.24, 2.45) is 0 Å². The van der Waals surface area contributed by atoms with E-state index >= 15 is 0 Å². The molecule has 4 rings (SSSR count). The predicted molar refractivity (Wildman–Crippen MR) is 131 cm³/mol. The third-order valence-corrected chi connectivity index (χ3v) is 6.20. The average molecular weight is 447 g/mol. The van der Waals surface area contributed by atoms with Gasteiger partial charge in [0.05, 0.1) is 0 Å². The van der Waals surface area contributed by atoms with E-state index in [-0.39, 0.29) is 17.5 Å². The number of carbonyl (C=O) groups is 1. The van der Waals surface area contributed by atoms with Gasteiger partial charge in [-0.25, -0.2) is 4.98 Å². The van der Waals surface area contributed by atoms with E-state index in [1.54, 1.807) is 22.9 Å². The highest BCUT2D eigenvalue weighted by Crippen LogP contribution is 2.17. The molecule has 0 spiro atoms. The minimum atomic E-state index is -0.0870. The Morgan fingerprint density at radius 1 is 1.18 bits per heavy atom. The lowest BCUT2D eigenvalue weighted by Gasteiger charge is -2.41. The predicted octanol–water partition coefficient (Wildman–Crippen LogP) is 2.95. The lowest BCUT2D eigenvalue weighted by Crippen LogP contribution is -2.55. The molecule has 1 N–H and O–H groups in total. The number of aryl methyl sites for hydroxylation is 1. The minimum Gasteiger partial charge on any atom is -0.336 e. The largest absolute Gasteiger partial charge is 0.336 e. The van der Waals surface area contributed by atoms with Crippen LogP contribution in [-0.2, 0) is 11.3 Å². The van der Waals surface area contributed by atoms with Crippen molar-refractivity contribution < 1.29 is 4.79 Å². The van der Waals surface area contributed by atoms with E-state index in [2.05, 4.69) is 33.7 Å². The first-order valence-electron chi connectivity index (χ1n) is 11.3. The minimum absolute atomic E-state index is 0.0244. The number of aromatic nitrogens is 3. The molecule has 1 aliphatic rings. The van der Waals surface area contributed by atoms with Crippen LogP contribution in [0.15, 0.2) is 60.0 Å². The monoisotopic (exact) mass is 446 g/mol. The number of nitrogens with zero attached hydrogens (tertiary/aromatic N) is 5. The number of carbonyl (C=O) groups excluding carboxylic acids is 1. The summed E-state index contributed by atoms with van der Waals surface area (Å²) in [4.78, 5) is 38.0. The van der Waals surface area contributed by atoms with Gasteiger partial charge in [0.1, 0.15) is 5.65 Å². The molecular weight excluding hydrogens is 416 g/mol. The number of pyridine rings is 1. The number of rotatable bonds is 7. The van der Waals surface area contributed by atoms with Crippen LogP contribution < -0.4 is 10.9 Å². The second-order valence-electron chi connectivity index (χ2n) is 8.37. The maximum absolute atomic E-state index is 12.7. The molecule has 1 aromatic carbocycles. The molecule has 1 amide bonds. The van der Waals surface area contributed by atoms with Crippen molar-refractivity contribution in [3.8, 4) is 0 Å². The van der Waals surface area contributed by atoms with Crippen molar-refractivity contribution in [2.75, 3.05) is 31.5 Å². The second-order valence-corrected chi connectivity index (χ2v) is 8.37. The van der Waals surface area contributed by atoms with Gasteiger partial charge >= 0.3 is 0 Å². The summed E-state index contributed by atoms with van der Waals surface area (Å²) in [6.07, 6.45) is 4.04. The van der Waals surface area contributed by atoms with Gasteiger partial charge in [0, 0.05) is 62.1 Å². The molecule has 1 fully saturated rings. The van der Waals surface area contributed by atoms with Crippen LogP contribution in [0.2, 0.25) is 0 Å². The fraction of sp³-hybridized carbons (Fsp3) is 0.360. The van der Waals surface area contributed by atoms with Crippen molar-refractivity contribution in [3.63, 3.8) is 0 Å². The van der Waals surface area contributed by atoms with E-state index in [9.17, 15) is 9.59 Å². The number of hydrogen-bond acceptors (Lipinski definition) is 6. The van der Waals surface area contributed by atoms with E-state index < -0.39 is 0 Å². The van der Waals surface area contributed by atoms with Gasteiger partial charge in [0.15, 0.2) is 0 Å². The molecule has 8 heteroatoms. The van der Waals surface area contributed by atoms with E-state index in [0.717, 1.165) is 24.0 Å². The molecule has 3 aromatic rings. The zero-order chi connectivity index (χ0) is 23.4. The number of benzene rings is 1. The maximum atomic E-state index is 12.7. The summed E-state index contributed by atoms with van der Waals surface area (Å²) in [5, 5.41) is 4.04. The quantitative estimate of drug-likeness (QED) is 0.562. The molecule has 1 aliphatic heterocycles. The molecule has 8 nitrogen and oxygen atoms in total. The summed E-state index contributed by atoms with van der Waals surface area (Å²) in [5.41, 5.74) is 2.59. The van der Waals surface area contributed by atoms with Crippen LogP contribution in [0.25, 0.3) is 11.0 Å². The molecule has 0 aliphatic carbocycles. The summed E-state index contributed by atoms with van der Waals surface area (Å²) in [5.74, 6) is 0.428. The summed E-state index contributed by atoms with van der Waals surface area (Å²) < 4.78 is 1.71. The molecular formula is C25H30N6O2. The van der Waals surface area contributed by atoms with Crippen LogP contribution >= 0.6 is 0 Å². The molecule has 3 heterocycles. The molecule has 33 heavy (non-hydrogen) atoms. The fourth-order valence-corrected chi connectivity index (χ4v) is 4.25. The Labute approximate surface area is 193 Å². The molecule has 1 unspecified atom stereocenters. The number of nitrogens with one attached hydrogen (secondary N) is 1. The van der Waals surface area contributed by atoms with Gasteiger partial charge in [-0.1, -0.05) is 31.2 Å². The number of piperazine rings is 1. The standard InChI is InChI=1S/C25H30N6O2/c1-4-21-17-30(22(32)5-2)13-12-29(21)14-15-31-23(33)11-8-19-16-26-25(28-24(19)31)27-20-9-6-18(3)7-10-20/h5-11,16,21H,2,4,12-15,17H2,1,3H3,(H,26,27,28). The zero-order valence-electron chi connectivity index (χ0n) is 19.2. The Hall–Kier alpha value is -3.52. The van der Waals surface area contributed by atoms with Gasteiger partial charge < -0.3 is 10.2 Å². The first kappa shape index (κ1) is 22.7. The van der Waals surface area contributed by atoms with Crippen LogP contribution in [0.4, 0.5) is 11.6 Å².